The lowest BCUT2D eigenvalue weighted by Crippen LogP contribution is -2.46. The number of hydrogen-bond acceptors (Lipinski definition) is 6. The summed E-state index contributed by atoms with van der Waals surface area (Å²) in [6.45, 7) is -3.96. The van der Waals surface area contributed by atoms with Gasteiger partial charge >= 0.3 is 0 Å². The van der Waals surface area contributed by atoms with Crippen molar-refractivity contribution in [1.82, 2.24) is 16.0 Å². The summed E-state index contributed by atoms with van der Waals surface area (Å²) in [5.41, 5.74) is -2.59. The number of aliphatic hydroxyl groups is 1. The fourth-order valence-electron chi connectivity index (χ4n) is 0.946. The van der Waals surface area contributed by atoms with Crippen LogP contribution in [0.5, 0.6) is 0 Å². The van der Waals surface area contributed by atoms with E-state index < -0.39 is 52.8 Å². The molecule has 0 amide bonds. The highest BCUT2D eigenvalue weighted by Gasteiger charge is 2.34. The molecule has 0 aromatic heterocycles. The molecule has 19 heavy (non-hydrogen) atoms. The molecule has 0 radical (unpaired) electrons. The molecule has 0 saturated heterocycles. The second kappa shape index (κ2) is 9.54. The highest BCUT2D eigenvalue weighted by atomic mass is 19.4. The third kappa shape index (κ3) is 16.6. The van der Waals surface area contributed by atoms with E-state index in [0.717, 1.165) is 0 Å². The summed E-state index contributed by atoms with van der Waals surface area (Å²) in [7, 11) is 0. The Morgan fingerprint density at radius 2 is 1.32 bits per heavy atom. The number of nitrogens with zero attached hydrogens (tertiary/aromatic N) is 4. The lowest BCUT2D eigenvalue weighted by molar-refractivity contribution is -0.742. The zero-order valence-electron chi connectivity index (χ0n) is 9.10. The third-order valence-corrected chi connectivity index (χ3v) is 1.57. The van der Waals surface area contributed by atoms with E-state index in [0.29, 0.717) is 0 Å². The van der Waals surface area contributed by atoms with Crippen LogP contribution in [0.4, 0.5) is 26.9 Å². The molecule has 0 aliphatic rings. The van der Waals surface area contributed by atoms with Gasteiger partial charge in [-0.3, -0.25) is 0 Å². The van der Waals surface area contributed by atoms with E-state index in [9.17, 15) is 32.0 Å². The molecule has 116 valence electrons. The van der Waals surface area contributed by atoms with Gasteiger partial charge in [-0.05, 0) is 6.42 Å². The minimum absolute atomic E-state index is 0.908. The minimum atomic E-state index is -2.59. The van der Waals surface area contributed by atoms with E-state index in [1.54, 1.807) is 0 Å². The van der Waals surface area contributed by atoms with Crippen LogP contribution >= 0.6 is 0 Å². The van der Waals surface area contributed by atoms with E-state index >= 15 is 0 Å². The number of halogens is 6. The smallest absolute Gasteiger partial charge is 0.291 e. The van der Waals surface area contributed by atoms with E-state index in [2.05, 4.69) is 0 Å². The molecule has 0 rings (SSSR count). The summed E-state index contributed by atoms with van der Waals surface area (Å²) in [5, 5.41) is 18.4. The van der Waals surface area contributed by atoms with Crippen molar-refractivity contribution in [2.75, 3.05) is 19.6 Å². The van der Waals surface area contributed by atoms with Crippen LogP contribution in [0.25, 0.3) is 0 Å². The van der Waals surface area contributed by atoms with Gasteiger partial charge in [0.15, 0.2) is 0 Å². The summed E-state index contributed by atoms with van der Waals surface area (Å²) in [6, 6.07) is 0. The molecule has 0 aliphatic heterocycles. The summed E-state index contributed by atoms with van der Waals surface area (Å²) in [4.78, 5) is 8.36. The third-order valence-electron chi connectivity index (χ3n) is 1.57. The molecule has 14 heteroatoms. The second-order valence-electron chi connectivity index (χ2n) is 3.16. The van der Waals surface area contributed by atoms with Gasteiger partial charge in [-0.15, -0.1) is 37.0 Å². The van der Waals surface area contributed by atoms with E-state index in [-0.39, 0.29) is 0 Å². The first-order valence-electron chi connectivity index (χ1n) is 4.31. The first-order valence-corrected chi connectivity index (χ1v) is 4.31. The molecule has 0 aromatic rings. The van der Waals surface area contributed by atoms with Crippen LogP contribution in [0.15, 0.2) is 0 Å². The quantitative estimate of drug-likeness (QED) is 0.313. The van der Waals surface area contributed by atoms with Gasteiger partial charge in [0.2, 0.25) is 0 Å². The lowest BCUT2D eigenvalue weighted by atomic mass is 10.0. The molecule has 0 atom stereocenters. The number of rotatable bonds is 7. The Morgan fingerprint density at radius 1 is 1.00 bits per heavy atom. The molecule has 2 N–H and O–H groups in total. The summed E-state index contributed by atoms with van der Waals surface area (Å²) >= 11 is 0. The van der Waals surface area contributed by atoms with Crippen LogP contribution < -0.4 is 0 Å². The molecule has 0 saturated carbocycles. The van der Waals surface area contributed by atoms with Crippen molar-refractivity contribution >= 4 is 0 Å². The van der Waals surface area contributed by atoms with Crippen LogP contribution in [0, 0.1) is 10.1 Å². The van der Waals surface area contributed by atoms with Gasteiger partial charge in [-0.2, -0.15) is 0 Å². The Labute approximate surface area is 101 Å². The molecule has 0 spiro atoms. The maximum atomic E-state index is 11.7. The second-order valence-corrected chi connectivity index (χ2v) is 3.16. The van der Waals surface area contributed by atoms with Gasteiger partial charge in [0.05, 0.1) is 19.6 Å². The van der Waals surface area contributed by atoms with E-state index in [1.165, 1.54) is 0 Å². The van der Waals surface area contributed by atoms with Crippen molar-refractivity contribution in [3.63, 3.8) is 0 Å². The molecule has 8 nitrogen and oxygen atoms in total. The Balaban J connectivity index is 0. The van der Waals surface area contributed by atoms with Gasteiger partial charge in [0.25, 0.3) is 5.09 Å². The predicted octanol–water partition coefficient (Wildman–Crippen LogP) is 0.973. The molecular weight excluding hydrogens is 294 g/mol. The Bertz CT molecular complexity index is 244. The monoisotopic (exact) mass is 304 g/mol. The highest BCUT2D eigenvalue weighted by molar-refractivity contribution is 4.80. The normalized spacial score (nSPS) is 11.7. The molecule has 0 aromatic carbocycles. The first-order chi connectivity index (χ1) is 8.48. The highest BCUT2D eigenvalue weighted by Crippen LogP contribution is 2.17. The first kappa shape index (κ1) is 19.9. The van der Waals surface area contributed by atoms with Crippen molar-refractivity contribution in [2.24, 2.45) is 0 Å². The van der Waals surface area contributed by atoms with Crippen LogP contribution in [0.2, 0.25) is 0 Å². The predicted molar refractivity (Wildman–Crippen MR) is 45.1 cm³/mol. The van der Waals surface area contributed by atoms with Crippen molar-refractivity contribution in [3.8, 4) is 0 Å². The zero-order valence-corrected chi connectivity index (χ0v) is 9.10. The fourth-order valence-corrected chi connectivity index (χ4v) is 0.946. The van der Waals surface area contributed by atoms with Crippen LogP contribution in [0.1, 0.15) is 6.42 Å². The van der Waals surface area contributed by atoms with Crippen LogP contribution in [-0.4, -0.2) is 56.7 Å². The molecule has 0 fully saturated rings. The van der Waals surface area contributed by atoms with Crippen LogP contribution in [-0.2, 0) is 0 Å². The van der Waals surface area contributed by atoms with Gasteiger partial charge in [0, 0.05) is 16.0 Å². The minimum Gasteiger partial charge on any atom is -0.387 e. The molecular formula is C5H10F6N4O4. The maximum Gasteiger partial charge on any atom is 0.291 e. The molecule has 0 bridgehead atoms. The molecule has 0 aliphatic carbocycles. The number of hydrogen-bond donors (Lipinski definition) is 2. The summed E-state index contributed by atoms with van der Waals surface area (Å²) in [6.07, 6.45) is -0.908. The van der Waals surface area contributed by atoms with Gasteiger partial charge < -0.3 is 10.3 Å². The maximum absolute atomic E-state index is 11.7. The summed E-state index contributed by atoms with van der Waals surface area (Å²) in [5.74, 6) is 0. The van der Waals surface area contributed by atoms with E-state index in [1.807, 2.05) is 0 Å². The average molecular weight is 304 g/mol. The Morgan fingerprint density at radius 3 is 1.53 bits per heavy atom. The topological polar surface area (TPSA) is 93.3 Å². The standard InChI is InChI=1S/C5H9F6N3O.HNO3/c6-12(7)2-1-5(15,3-13(8)9)4-14(10)11;2-1(3)4/h15H,1-4H2;(H,2,3,4). The van der Waals surface area contributed by atoms with E-state index in [4.69, 9.17) is 15.3 Å². The SMILES string of the molecule is O=[N+]([O-])O.OC(CCN(F)F)(CN(F)F)CN(F)F. The largest absolute Gasteiger partial charge is 0.387 e. The fraction of sp³-hybridized carbons (Fsp3) is 1.00. The Kier molecular flexibility index (Phi) is 10.0. The molecule has 0 unspecified atom stereocenters. The van der Waals surface area contributed by atoms with Crippen molar-refractivity contribution in [3.05, 3.63) is 10.1 Å². The van der Waals surface area contributed by atoms with Crippen LogP contribution in [0.3, 0.4) is 0 Å². The van der Waals surface area contributed by atoms with Crippen molar-refractivity contribution in [2.45, 2.75) is 12.0 Å². The van der Waals surface area contributed by atoms with Gasteiger partial charge in [-0.25, -0.2) is 0 Å². The summed E-state index contributed by atoms with van der Waals surface area (Å²) < 4.78 is 70.0. The average Bonchev–Trinajstić information content (AvgIpc) is 2.11. The van der Waals surface area contributed by atoms with Crippen molar-refractivity contribution < 1.29 is 42.3 Å². The van der Waals surface area contributed by atoms with Crippen molar-refractivity contribution in [1.29, 1.82) is 0 Å². The zero-order chi connectivity index (χ0) is 15.6. The van der Waals surface area contributed by atoms with Gasteiger partial charge in [0.1, 0.15) is 5.60 Å². The van der Waals surface area contributed by atoms with Gasteiger partial charge in [-0.1, -0.05) is 0 Å². The Hall–Kier alpha value is -1.38. The molecule has 0 heterocycles. The lowest BCUT2D eigenvalue weighted by Gasteiger charge is -2.27.